The quantitative estimate of drug-likeness (QED) is 0.776. The van der Waals surface area contributed by atoms with Gasteiger partial charge in [0.2, 0.25) is 0 Å². The first-order valence-electron chi connectivity index (χ1n) is 5.98. The van der Waals surface area contributed by atoms with Crippen LogP contribution in [0, 0.1) is 5.82 Å². The van der Waals surface area contributed by atoms with Gasteiger partial charge in [-0.05, 0) is 42.3 Å². The third-order valence-corrected chi connectivity index (χ3v) is 3.58. The Morgan fingerprint density at radius 1 is 1.44 bits per heavy atom. The van der Waals surface area contributed by atoms with Gasteiger partial charge in [-0.15, -0.1) is 0 Å². The first-order valence-corrected chi connectivity index (χ1v) is 7.15. The lowest BCUT2D eigenvalue weighted by molar-refractivity contribution is 0.210. The van der Waals surface area contributed by atoms with Crippen LogP contribution in [-0.4, -0.2) is 18.7 Å². The van der Waals surface area contributed by atoms with Crippen LogP contribution in [0.15, 0.2) is 16.6 Å². The molecule has 5 heteroatoms. The zero-order valence-electron chi connectivity index (χ0n) is 10.8. The summed E-state index contributed by atoms with van der Waals surface area (Å²) < 4.78 is 19.7. The van der Waals surface area contributed by atoms with Gasteiger partial charge < -0.3 is 10.1 Å². The van der Waals surface area contributed by atoms with E-state index in [4.69, 9.17) is 16.3 Å². The van der Waals surface area contributed by atoms with Crippen LogP contribution < -0.4 is 10.1 Å². The van der Waals surface area contributed by atoms with E-state index >= 15 is 0 Å². The molecule has 1 aromatic carbocycles. The molecule has 0 aliphatic rings. The van der Waals surface area contributed by atoms with Crippen LogP contribution in [0.1, 0.15) is 27.2 Å². The van der Waals surface area contributed by atoms with Crippen molar-refractivity contribution in [1.29, 1.82) is 0 Å². The Morgan fingerprint density at radius 3 is 2.72 bits per heavy atom. The molecule has 0 saturated carbocycles. The van der Waals surface area contributed by atoms with E-state index < -0.39 is 5.82 Å². The van der Waals surface area contributed by atoms with Crippen LogP contribution in [0.5, 0.6) is 5.75 Å². The molecule has 1 N–H and O–H groups in total. The Labute approximate surface area is 121 Å². The zero-order chi connectivity index (χ0) is 13.7. The fourth-order valence-corrected chi connectivity index (χ4v) is 2.10. The van der Waals surface area contributed by atoms with Crippen molar-refractivity contribution < 1.29 is 9.13 Å². The van der Waals surface area contributed by atoms with Crippen LogP contribution >= 0.6 is 27.5 Å². The first-order chi connectivity index (χ1) is 8.43. The Morgan fingerprint density at radius 2 is 2.11 bits per heavy atom. The lowest BCUT2D eigenvalue weighted by atomic mass is 10.2. The number of ether oxygens (including phenoxy) is 1. The van der Waals surface area contributed by atoms with Crippen LogP contribution in [0.4, 0.5) is 4.39 Å². The molecule has 0 bridgehead atoms. The average molecular weight is 339 g/mol. The van der Waals surface area contributed by atoms with Gasteiger partial charge in [0.25, 0.3) is 0 Å². The minimum absolute atomic E-state index is 0.0455. The van der Waals surface area contributed by atoms with Gasteiger partial charge in [0, 0.05) is 18.7 Å². The minimum atomic E-state index is -0.475. The largest absolute Gasteiger partial charge is 0.488 e. The van der Waals surface area contributed by atoms with E-state index in [0.29, 0.717) is 22.8 Å². The first kappa shape index (κ1) is 15.7. The van der Waals surface area contributed by atoms with E-state index in [1.54, 1.807) is 0 Å². The maximum atomic E-state index is 13.3. The van der Waals surface area contributed by atoms with Gasteiger partial charge in [-0.25, -0.2) is 4.39 Å². The number of hydrogen-bond donors (Lipinski definition) is 1. The third-order valence-electron chi connectivity index (χ3n) is 2.67. The zero-order valence-corrected chi connectivity index (χ0v) is 13.1. The van der Waals surface area contributed by atoms with Crippen molar-refractivity contribution >= 4 is 27.5 Å². The summed E-state index contributed by atoms with van der Waals surface area (Å²) >= 11 is 8.98. The standard InChI is InChI=1S/C13H18BrClFNO/c1-4-8(2)17-7-9(3)18-13-6-12(16)11(15)5-10(13)14/h5-6,8-9,17H,4,7H2,1-3H3. The van der Waals surface area contributed by atoms with Crippen molar-refractivity contribution in [3.8, 4) is 5.75 Å². The fraction of sp³-hybridized carbons (Fsp3) is 0.538. The Kier molecular flexibility index (Phi) is 6.39. The highest BCUT2D eigenvalue weighted by Crippen LogP contribution is 2.31. The molecule has 0 aromatic heterocycles. The van der Waals surface area contributed by atoms with Crippen LogP contribution in [0.2, 0.25) is 5.02 Å². The van der Waals surface area contributed by atoms with Gasteiger partial charge in [-0.2, -0.15) is 0 Å². The van der Waals surface area contributed by atoms with Gasteiger partial charge in [-0.1, -0.05) is 18.5 Å². The monoisotopic (exact) mass is 337 g/mol. The molecule has 1 rings (SSSR count). The molecule has 0 radical (unpaired) electrons. The molecule has 0 heterocycles. The highest BCUT2D eigenvalue weighted by Gasteiger charge is 2.11. The van der Waals surface area contributed by atoms with Gasteiger partial charge in [-0.3, -0.25) is 0 Å². The lowest BCUT2D eigenvalue weighted by Gasteiger charge is -2.19. The average Bonchev–Trinajstić information content (AvgIpc) is 2.33. The van der Waals surface area contributed by atoms with Crippen molar-refractivity contribution in [3.63, 3.8) is 0 Å². The summed E-state index contributed by atoms with van der Waals surface area (Å²) in [6.07, 6.45) is 1.02. The molecule has 0 spiro atoms. The van der Waals surface area contributed by atoms with Gasteiger partial charge >= 0.3 is 0 Å². The van der Waals surface area contributed by atoms with Crippen molar-refractivity contribution in [2.45, 2.75) is 39.3 Å². The Hall–Kier alpha value is -0.320. The van der Waals surface area contributed by atoms with E-state index in [-0.39, 0.29) is 11.1 Å². The van der Waals surface area contributed by atoms with Crippen molar-refractivity contribution in [2.75, 3.05) is 6.54 Å². The molecule has 102 valence electrons. The maximum absolute atomic E-state index is 13.3. The van der Waals surface area contributed by atoms with E-state index in [9.17, 15) is 4.39 Å². The number of halogens is 3. The Bertz CT molecular complexity index is 403. The minimum Gasteiger partial charge on any atom is -0.488 e. The van der Waals surface area contributed by atoms with Crippen molar-refractivity contribution in [1.82, 2.24) is 5.32 Å². The predicted octanol–water partition coefficient (Wildman–Crippen LogP) is 4.40. The summed E-state index contributed by atoms with van der Waals surface area (Å²) in [5.41, 5.74) is 0. The smallest absolute Gasteiger partial charge is 0.145 e. The second kappa shape index (κ2) is 7.31. The summed E-state index contributed by atoms with van der Waals surface area (Å²) in [5, 5.41) is 3.42. The summed E-state index contributed by atoms with van der Waals surface area (Å²) in [6.45, 7) is 6.89. The number of hydrogen-bond acceptors (Lipinski definition) is 2. The molecule has 0 amide bonds. The van der Waals surface area contributed by atoms with Crippen LogP contribution in [0.25, 0.3) is 0 Å². The van der Waals surface area contributed by atoms with E-state index in [1.807, 2.05) is 6.92 Å². The number of benzene rings is 1. The van der Waals surface area contributed by atoms with Crippen molar-refractivity contribution in [3.05, 3.63) is 27.4 Å². The molecule has 0 saturated heterocycles. The second-order valence-electron chi connectivity index (χ2n) is 4.34. The molecule has 1 aromatic rings. The van der Waals surface area contributed by atoms with E-state index in [0.717, 1.165) is 6.42 Å². The molecular formula is C13H18BrClFNO. The Balaban J connectivity index is 2.59. The molecule has 2 nitrogen and oxygen atoms in total. The molecule has 0 aliphatic heterocycles. The summed E-state index contributed by atoms with van der Waals surface area (Å²) in [5.74, 6) is -0.00713. The SMILES string of the molecule is CCC(C)NCC(C)Oc1cc(F)c(Cl)cc1Br. The van der Waals surface area contributed by atoms with Crippen LogP contribution in [-0.2, 0) is 0 Å². The van der Waals surface area contributed by atoms with Gasteiger partial charge in [0.1, 0.15) is 17.7 Å². The van der Waals surface area contributed by atoms with E-state index in [1.165, 1.54) is 12.1 Å². The van der Waals surface area contributed by atoms with Crippen molar-refractivity contribution in [2.24, 2.45) is 0 Å². The molecule has 0 fully saturated rings. The van der Waals surface area contributed by atoms with Crippen LogP contribution in [0.3, 0.4) is 0 Å². The maximum Gasteiger partial charge on any atom is 0.145 e. The molecule has 2 atom stereocenters. The third kappa shape index (κ3) is 4.75. The lowest BCUT2D eigenvalue weighted by Crippen LogP contribution is -2.34. The summed E-state index contributed by atoms with van der Waals surface area (Å²) in [7, 11) is 0. The highest BCUT2D eigenvalue weighted by atomic mass is 79.9. The molecule has 2 unspecified atom stereocenters. The molecule has 18 heavy (non-hydrogen) atoms. The summed E-state index contributed by atoms with van der Waals surface area (Å²) in [4.78, 5) is 0. The normalized spacial score (nSPS) is 14.3. The molecular weight excluding hydrogens is 321 g/mol. The van der Waals surface area contributed by atoms with E-state index in [2.05, 4.69) is 35.1 Å². The van der Waals surface area contributed by atoms with Gasteiger partial charge in [0.15, 0.2) is 0 Å². The predicted molar refractivity (Wildman–Crippen MR) is 77.0 cm³/mol. The fourth-order valence-electron chi connectivity index (χ4n) is 1.36. The second-order valence-corrected chi connectivity index (χ2v) is 5.60. The summed E-state index contributed by atoms with van der Waals surface area (Å²) in [6, 6.07) is 3.24. The number of nitrogens with one attached hydrogen (secondary N) is 1. The van der Waals surface area contributed by atoms with Gasteiger partial charge in [0.05, 0.1) is 9.50 Å². The molecule has 0 aliphatic carbocycles. The topological polar surface area (TPSA) is 21.3 Å². The highest BCUT2D eigenvalue weighted by molar-refractivity contribution is 9.10. The number of rotatable bonds is 6.